The van der Waals surface area contributed by atoms with Crippen LogP contribution in [0.2, 0.25) is 0 Å². The third kappa shape index (κ3) is 5.47. The van der Waals surface area contributed by atoms with E-state index in [2.05, 4.69) is 10.2 Å². The molecular formula is C19H27F3N2O7P2. The molecule has 0 saturated heterocycles. The Bertz CT molecular complexity index is 921. The second-order valence-corrected chi connectivity index (χ2v) is 11.7. The van der Waals surface area contributed by atoms with Crippen molar-refractivity contribution < 1.29 is 45.2 Å². The lowest BCUT2D eigenvalue weighted by molar-refractivity contribution is -0.137. The Morgan fingerprint density at radius 1 is 1.00 bits per heavy atom. The molecule has 1 aliphatic rings. The van der Waals surface area contributed by atoms with Crippen molar-refractivity contribution in [2.45, 2.75) is 51.4 Å². The molecule has 0 amide bonds. The van der Waals surface area contributed by atoms with Crippen LogP contribution in [0.3, 0.4) is 0 Å². The minimum absolute atomic E-state index is 0.112. The minimum atomic E-state index is -4.66. The summed E-state index contributed by atoms with van der Waals surface area (Å²) in [6.45, 7) is 5.67. The van der Waals surface area contributed by atoms with Crippen molar-refractivity contribution in [3.63, 3.8) is 0 Å². The molecule has 1 aromatic rings. The first kappa shape index (κ1) is 27.8. The van der Waals surface area contributed by atoms with Crippen LogP contribution in [0, 0.1) is 0 Å². The van der Waals surface area contributed by atoms with Crippen LogP contribution in [-0.4, -0.2) is 43.3 Å². The number of halogens is 3. The van der Waals surface area contributed by atoms with Gasteiger partial charge in [0, 0.05) is 12.0 Å². The number of carbonyl (C=O) groups is 1. The van der Waals surface area contributed by atoms with E-state index in [0.717, 1.165) is 12.1 Å². The van der Waals surface area contributed by atoms with Gasteiger partial charge in [0.15, 0.2) is 5.78 Å². The van der Waals surface area contributed by atoms with Gasteiger partial charge in [-0.2, -0.15) is 23.4 Å². The van der Waals surface area contributed by atoms with E-state index in [1.807, 2.05) is 0 Å². The summed E-state index contributed by atoms with van der Waals surface area (Å²) >= 11 is 0. The fourth-order valence-electron chi connectivity index (χ4n) is 3.34. The first-order valence-corrected chi connectivity index (χ1v) is 13.4. The molecule has 0 fully saturated rings. The number of ketones is 1. The molecule has 9 nitrogen and oxygen atoms in total. The summed E-state index contributed by atoms with van der Waals surface area (Å²) in [5, 5.41) is 5.50. The van der Waals surface area contributed by atoms with E-state index in [-0.39, 0.29) is 32.0 Å². The third-order valence-corrected chi connectivity index (χ3v) is 10.8. The van der Waals surface area contributed by atoms with Crippen LogP contribution in [-0.2, 0) is 33.4 Å². The number of benzene rings is 1. The van der Waals surface area contributed by atoms with Gasteiger partial charge in [0.1, 0.15) is 6.04 Å². The minimum Gasteiger partial charge on any atom is -0.307 e. The van der Waals surface area contributed by atoms with Crippen molar-refractivity contribution in [2.24, 2.45) is 10.2 Å². The van der Waals surface area contributed by atoms with Crippen LogP contribution in [0.5, 0.6) is 0 Å². The van der Waals surface area contributed by atoms with Gasteiger partial charge in [0.05, 0.1) is 32.0 Å². The highest BCUT2D eigenvalue weighted by atomic mass is 31.2. The molecule has 0 radical (unpaired) electrons. The molecule has 1 aliphatic heterocycles. The van der Waals surface area contributed by atoms with Gasteiger partial charge < -0.3 is 18.1 Å². The molecule has 0 saturated carbocycles. The van der Waals surface area contributed by atoms with Gasteiger partial charge in [-0.05, 0) is 39.8 Å². The molecule has 1 unspecified atom stereocenters. The van der Waals surface area contributed by atoms with Gasteiger partial charge >= 0.3 is 21.4 Å². The maximum absolute atomic E-state index is 13.8. The van der Waals surface area contributed by atoms with E-state index >= 15 is 0 Å². The van der Waals surface area contributed by atoms with Gasteiger partial charge in [0.25, 0.3) is 5.02 Å². The summed E-state index contributed by atoms with van der Waals surface area (Å²) in [5.74, 6) is -0.828. The summed E-state index contributed by atoms with van der Waals surface area (Å²) in [5.41, 5.74) is -1.30. The zero-order valence-corrected chi connectivity index (χ0v) is 20.5. The average Bonchev–Trinajstić information content (AvgIpc) is 3.21. The summed E-state index contributed by atoms with van der Waals surface area (Å²) in [6, 6.07) is 2.40. The Labute approximate surface area is 190 Å². The van der Waals surface area contributed by atoms with Crippen molar-refractivity contribution in [1.29, 1.82) is 0 Å². The lowest BCUT2D eigenvalue weighted by atomic mass is 10.0. The number of hydrogen-bond donors (Lipinski definition) is 0. The number of Topliss-reactive ketones (excluding diaryl/α,β-unsaturated/α-hetero) is 1. The highest BCUT2D eigenvalue weighted by Crippen LogP contribution is 2.81. The zero-order valence-electron chi connectivity index (χ0n) is 18.7. The maximum atomic E-state index is 13.8. The Morgan fingerprint density at radius 2 is 1.48 bits per heavy atom. The first-order valence-electron chi connectivity index (χ1n) is 10.4. The van der Waals surface area contributed by atoms with Crippen LogP contribution < -0.4 is 0 Å². The fourth-order valence-corrected chi connectivity index (χ4v) is 8.68. The Balaban J connectivity index is 2.56. The lowest BCUT2D eigenvalue weighted by Gasteiger charge is -2.36. The van der Waals surface area contributed by atoms with Crippen LogP contribution in [0.1, 0.15) is 50.0 Å². The third-order valence-electron chi connectivity index (χ3n) is 4.67. The van der Waals surface area contributed by atoms with Gasteiger partial charge in [0.2, 0.25) is 0 Å². The molecular weight excluding hydrogens is 487 g/mol. The van der Waals surface area contributed by atoms with E-state index in [1.54, 1.807) is 0 Å². The molecule has 1 heterocycles. The molecule has 0 bridgehead atoms. The number of nitrogens with zero attached hydrogens (tertiary/aromatic N) is 2. The molecule has 0 aliphatic carbocycles. The molecule has 0 N–H and O–H groups in total. The predicted octanol–water partition coefficient (Wildman–Crippen LogP) is 6.30. The van der Waals surface area contributed by atoms with E-state index in [0.29, 0.717) is 6.07 Å². The molecule has 0 spiro atoms. The summed E-state index contributed by atoms with van der Waals surface area (Å²) in [4.78, 5) is 13.0. The van der Waals surface area contributed by atoms with E-state index < -0.39 is 50.2 Å². The number of hydrogen-bond acceptors (Lipinski definition) is 9. The monoisotopic (exact) mass is 514 g/mol. The van der Waals surface area contributed by atoms with Crippen molar-refractivity contribution in [3.8, 4) is 0 Å². The van der Waals surface area contributed by atoms with Crippen molar-refractivity contribution >= 4 is 21.0 Å². The number of azo groups is 1. The molecule has 33 heavy (non-hydrogen) atoms. The Hall–Kier alpha value is -1.42. The molecule has 1 aromatic carbocycles. The second-order valence-electron chi connectivity index (χ2n) is 6.82. The van der Waals surface area contributed by atoms with Crippen LogP contribution >= 0.6 is 15.2 Å². The Morgan fingerprint density at radius 3 is 1.91 bits per heavy atom. The molecule has 2 rings (SSSR count). The van der Waals surface area contributed by atoms with E-state index in [1.165, 1.54) is 33.8 Å². The van der Waals surface area contributed by atoms with Gasteiger partial charge in [-0.3, -0.25) is 13.9 Å². The quantitative estimate of drug-likeness (QED) is 0.238. The second kappa shape index (κ2) is 10.9. The van der Waals surface area contributed by atoms with Crippen molar-refractivity contribution in [2.75, 3.05) is 26.4 Å². The molecule has 14 heteroatoms. The van der Waals surface area contributed by atoms with Crippen molar-refractivity contribution in [3.05, 3.63) is 35.4 Å². The summed E-state index contributed by atoms with van der Waals surface area (Å²) in [7, 11) is -8.78. The highest BCUT2D eigenvalue weighted by molar-refractivity contribution is 7.74. The van der Waals surface area contributed by atoms with Gasteiger partial charge in [-0.1, -0.05) is 12.1 Å². The number of rotatable bonds is 12. The predicted molar refractivity (Wildman–Crippen MR) is 113 cm³/mol. The first-order chi connectivity index (χ1) is 15.4. The Kier molecular flexibility index (Phi) is 9.18. The van der Waals surface area contributed by atoms with Crippen LogP contribution in [0.4, 0.5) is 13.2 Å². The van der Waals surface area contributed by atoms with Crippen LogP contribution in [0.15, 0.2) is 34.5 Å². The van der Waals surface area contributed by atoms with Crippen molar-refractivity contribution in [1.82, 2.24) is 0 Å². The van der Waals surface area contributed by atoms with E-state index in [4.69, 9.17) is 18.1 Å². The topological polar surface area (TPSA) is 113 Å². The zero-order chi connectivity index (χ0) is 24.9. The number of alkyl halides is 3. The number of carbonyl (C=O) groups excluding carboxylic acids is 1. The normalized spacial score (nSPS) is 18.6. The highest BCUT2D eigenvalue weighted by Gasteiger charge is 2.69. The van der Waals surface area contributed by atoms with Gasteiger partial charge in [-0.15, -0.1) is 0 Å². The standard InChI is InChI=1S/C19H27F3N2O7P2/c1-5-28-32(26,29-6-2)18(33(27,30-7-3)31-8-4)13-16(23-24-18)17(25)14-10-9-11-15(12-14)19(20,21)22/h9-12,16H,5-8,13H2,1-4H3. The molecule has 186 valence electrons. The molecule has 1 atom stereocenters. The van der Waals surface area contributed by atoms with Gasteiger partial charge in [-0.25, -0.2) is 0 Å². The average molecular weight is 514 g/mol. The molecule has 0 aromatic heterocycles. The van der Waals surface area contributed by atoms with E-state index in [9.17, 15) is 27.1 Å². The largest absolute Gasteiger partial charge is 0.416 e. The lowest BCUT2D eigenvalue weighted by Crippen LogP contribution is -2.33. The summed E-state index contributed by atoms with van der Waals surface area (Å²) < 4.78 is 88.5. The smallest absolute Gasteiger partial charge is 0.307 e. The fraction of sp³-hybridized carbons (Fsp3) is 0.632. The SMILES string of the molecule is CCOP(=O)(OCC)C1(P(=O)(OCC)OCC)CC(C(=O)c2cccc(C(F)(F)F)c2)N=N1. The summed E-state index contributed by atoms with van der Waals surface area (Å²) in [6.07, 6.45) is -5.22. The maximum Gasteiger partial charge on any atom is 0.416 e. The van der Waals surface area contributed by atoms with Crippen LogP contribution in [0.25, 0.3) is 0 Å².